The first kappa shape index (κ1) is 19.7. The number of benzene rings is 1. The van der Waals surface area contributed by atoms with Crippen molar-refractivity contribution >= 4 is 15.9 Å². The molecule has 7 nitrogen and oxygen atoms in total. The molecule has 1 aromatic rings. The van der Waals surface area contributed by atoms with Gasteiger partial charge in [0, 0.05) is 32.7 Å². The second-order valence-corrected chi connectivity index (χ2v) is 7.79. The number of methoxy groups -OCH3 is 1. The fourth-order valence-electron chi connectivity index (χ4n) is 2.95. The van der Waals surface area contributed by atoms with Crippen molar-refractivity contribution in [2.75, 3.05) is 46.4 Å². The zero-order valence-electron chi connectivity index (χ0n) is 15.1. The lowest BCUT2D eigenvalue weighted by atomic mass is 10.1. The Labute approximate surface area is 150 Å². The van der Waals surface area contributed by atoms with Gasteiger partial charge in [0.2, 0.25) is 10.0 Å². The summed E-state index contributed by atoms with van der Waals surface area (Å²) in [5.41, 5.74) is 0.289. The minimum Gasteiger partial charge on any atom is -0.496 e. The van der Waals surface area contributed by atoms with Crippen molar-refractivity contribution in [3.8, 4) is 5.75 Å². The molecule has 1 N–H and O–H groups in total. The van der Waals surface area contributed by atoms with Crippen LogP contribution in [0.15, 0.2) is 23.1 Å². The summed E-state index contributed by atoms with van der Waals surface area (Å²) in [6.45, 7) is 7.18. The lowest BCUT2D eigenvalue weighted by Gasteiger charge is -2.23. The molecule has 0 radical (unpaired) electrons. The minimum absolute atomic E-state index is 0.119. The second kappa shape index (κ2) is 8.64. The molecular weight excluding hydrogens is 342 g/mol. The molecule has 1 heterocycles. The van der Waals surface area contributed by atoms with Crippen LogP contribution < -0.4 is 10.1 Å². The topological polar surface area (TPSA) is 79.0 Å². The van der Waals surface area contributed by atoms with E-state index in [1.54, 1.807) is 24.8 Å². The highest BCUT2D eigenvalue weighted by atomic mass is 32.2. The van der Waals surface area contributed by atoms with Crippen LogP contribution in [0.2, 0.25) is 0 Å². The summed E-state index contributed by atoms with van der Waals surface area (Å²) in [7, 11) is -2.14. The van der Waals surface area contributed by atoms with Crippen LogP contribution in [0.5, 0.6) is 5.75 Å². The standard InChI is InChI=1S/C17H27N3O4S/c1-4-20(5-2)25(22,23)14-7-8-16(24-3)15(13-14)17(21)19-11-6-9-18-10-12-19/h7-8,13,18H,4-6,9-12H2,1-3H3. The van der Waals surface area contributed by atoms with Gasteiger partial charge in [-0.15, -0.1) is 0 Å². The van der Waals surface area contributed by atoms with Gasteiger partial charge < -0.3 is 15.0 Å². The van der Waals surface area contributed by atoms with Crippen molar-refractivity contribution in [3.63, 3.8) is 0 Å². The quantitative estimate of drug-likeness (QED) is 0.814. The molecule has 0 unspecified atom stereocenters. The van der Waals surface area contributed by atoms with E-state index in [4.69, 9.17) is 4.74 Å². The first-order chi connectivity index (χ1) is 12.0. The molecule has 2 rings (SSSR count). The van der Waals surface area contributed by atoms with Crippen LogP contribution in [0.1, 0.15) is 30.6 Å². The molecule has 1 fully saturated rings. The number of hydrogen-bond acceptors (Lipinski definition) is 5. The van der Waals surface area contributed by atoms with Gasteiger partial charge in [0.1, 0.15) is 5.75 Å². The van der Waals surface area contributed by atoms with Gasteiger partial charge >= 0.3 is 0 Å². The number of carbonyl (C=O) groups excluding carboxylic acids is 1. The van der Waals surface area contributed by atoms with Gasteiger partial charge in [-0.05, 0) is 31.2 Å². The number of nitrogens with zero attached hydrogens (tertiary/aromatic N) is 2. The van der Waals surface area contributed by atoms with Gasteiger partial charge in [-0.2, -0.15) is 4.31 Å². The zero-order chi connectivity index (χ0) is 18.4. The maximum absolute atomic E-state index is 12.9. The Morgan fingerprint density at radius 1 is 1.24 bits per heavy atom. The van der Waals surface area contributed by atoms with E-state index in [1.165, 1.54) is 23.5 Å². The zero-order valence-corrected chi connectivity index (χ0v) is 15.9. The van der Waals surface area contributed by atoms with E-state index in [1.807, 2.05) is 0 Å². The molecule has 0 spiro atoms. The van der Waals surface area contributed by atoms with Gasteiger partial charge in [-0.25, -0.2) is 8.42 Å². The lowest BCUT2D eigenvalue weighted by Crippen LogP contribution is -2.35. The molecule has 0 atom stereocenters. The molecule has 140 valence electrons. The SMILES string of the molecule is CCN(CC)S(=O)(=O)c1ccc(OC)c(C(=O)N2CCCNCC2)c1. The van der Waals surface area contributed by atoms with Crippen molar-refractivity contribution in [2.45, 2.75) is 25.2 Å². The first-order valence-corrected chi connectivity index (χ1v) is 10.1. The van der Waals surface area contributed by atoms with Gasteiger partial charge in [0.15, 0.2) is 0 Å². The monoisotopic (exact) mass is 369 g/mol. The number of nitrogens with one attached hydrogen (secondary N) is 1. The Balaban J connectivity index is 2.41. The van der Waals surface area contributed by atoms with Gasteiger partial charge in [-0.3, -0.25) is 4.79 Å². The van der Waals surface area contributed by atoms with E-state index < -0.39 is 10.0 Å². The third kappa shape index (κ3) is 4.31. The van der Waals surface area contributed by atoms with Crippen LogP contribution in [0, 0.1) is 0 Å². The van der Waals surface area contributed by atoms with E-state index in [-0.39, 0.29) is 16.4 Å². The molecule has 0 bridgehead atoms. The van der Waals surface area contributed by atoms with Crippen molar-refractivity contribution < 1.29 is 17.9 Å². The van der Waals surface area contributed by atoms with Crippen molar-refractivity contribution in [3.05, 3.63) is 23.8 Å². The predicted molar refractivity (Wildman–Crippen MR) is 96.5 cm³/mol. The fraction of sp³-hybridized carbons (Fsp3) is 0.588. The second-order valence-electron chi connectivity index (χ2n) is 5.85. The number of rotatable bonds is 6. The summed E-state index contributed by atoms with van der Waals surface area (Å²) in [6.07, 6.45) is 0.867. The third-order valence-corrected chi connectivity index (χ3v) is 6.42. The van der Waals surface area contributed by atoms with Gasteiger partial charge in [0.25, 0.3) is 5.91 Å². The summed E-state index contributed by atoms with van der Waals surface area (Å²) in [5, 5.41) is 3.25. The van der Waals surface area contributed by atoms with Crippen LogP contribution in [-0.4, -0.2) is 69.9 Å². The third-order valence-electron chi connectivity index (χ3n) is 4.37. The first-order valence-electron chi connectivity index (χ1n) is 8.63. The Kier molecular flexibility index (Phi) is 6.80. The van der Waals surface area contributed by atoms with Crippen molar-refractivity contribution in [2.24, 2.45) is 0 Å². The summed E-state index contributed by atoms with van der Waals surface area (Å²) in [6, 6.07) is 4.49. The maximum atomic E-state index is 12.9. The molecule has 0 aromatic heterocycles. The van der Waals surface area contributed by atoms with Gasteiger partial charge in [-0.1, -0.05) is 13.8 Å². The highest BCUT2D eigenvalue weighted by Gasteiger charge is 2.26. The number of sulfonamides is 1. The average Bonchev–Trinajstić information content (AvgIpc) is 2.90. The molecule has 0 saturated carbocycles. The van der Waals surface area contributed by atoms with Crippen LogP contribution >= 0.6 is 0 Å². The normalized spacial score (nSPS) is 15.9. The summed E-state index contributed by atoms with van der Waals surface area (Å²) in [5.74, 6) is 0.192. The van der Waals surface area contributed by atoms with Crippen LogP contribution in [0.25, 0.3) is 0 Å². The summed E-state index contributed by atoms with van der Waals surface area (Å²) >= 11 is 0. The Morgan fingerprint density at radius 2 is 1.96 bits per heavy atom. The summed E-state index contributed by atoms with van der Waals surface area (Å²) in [4.78, 5) is 14.8. The van der Waals surface area contributed by atoms with E-state index in [2.05, 4.69) is 5.32 Å². The van der Waals surface area contributed by atoms with Crippen LogP contribution in [0.3, 0.4) is 0 Å². The highest BCUT2D eigenvalue weighted by Crippen LogP contribution is 2.26. The minimum atomic E-state index is -3.63. The number of ether oxygens (including phenoxy) is 1. The van der Waals surface area contributed by atoms with Crippen LogP contribution in [-0.2, 0) is 10.0 Å². The Hall–Kier alpha value is -1.64. The van der Waals surface area contributed by atoms with E-state index in [9.17, 15) is 13.2 Å². The van der Waals surface area contributed by atoms with Crippen molar-refractivity contribution in [1.82, 2.24) is 14.5 Å². The van der Waals surface area contributed by atoms with E-state index in [0.717, 1.165) is 19.5 Å². The Morgan fingerprint density at radius 3 is 2.60 bits per heavy atom. The van der Waals surface area contributed by atoms with Crippen LogP contribution in [0.4, 0.5) is 0 Å². The average molecular weight is 369 g/mol. The fourth-order valence-corrected chi connectivity index (χ4v) is 4.43. The molecule has 1 aliphatic rings. The maximum Gasteiger partial charge on any atom is 0.257 e. The lowest BCUT2D eigenvalue weighted by molar-refractivity contribution is 0.0762. The molecule has 1 aromatic carbocycles. The molecule has 25 heavy (non-hydrogen) atoms. The Bertz CT molecular complexity index is 694. The predicted octanol–water partition coefficient (Wildman–Crippen LogP) is 1.16. The molecule has 0 aliphatic carbocycles. The highest BCUT2D eigenvalue weighted by molar-refractivity contribution is 7.89. The molecule has 1 saturated heterocycles. The number of hydrogen-bond donors (Lipinski definition) is 1. The largest absolute Gasteiger partial charge is 0.496 e. The summed E-state index contributed by atoms with van der Waals surface area (Å²) < 4.78 is 32.2. The van der Waals surface area contributed by atoms with Crippen molar-refractivity contribution in [1.29, 1.82) is 0 Å². The molecule has 1 amide bonds. The smallest absolute Gasteiger partial charge is 0.257 e. The number of carbonyl (C=O) groups is 1. The molecule has 8 heteroatoms. The van der Waals surface area contributed by atoms with E-state index >= 15 is 0 Å². The molecular formula is C17H27N3O4S. The van der Waals surface area contributed by atoms with E-state index in [0.29, 0.717) is 31.9 Å². The number of amides is 1. The molecule has 1 aliphatic heterocycles. The van der Waals surface area contributed by atoms with Gasteiger partial charge in [0.05, 0.1) is 17.6 Å².